The number of carbonyl (C=O) groups excluding carboxylic acids is 4. The molecule has 0 unspecified atom stereocenters. The molecular weight excluding hydrogens is 1300 g/mol. The van der Waals surface area contributed by atoms with E-state index in [0.29, 0.717) is 12.1 Å². The largest absolute Gasteiger partial charge is 1.00 e. The van der Waals surface area contributed by atoms with Crippen molar-refractivity contribution in [3.63, 3.8) is 0 Å². The van der Waals surface area contributed by atoms with E-state index in [1.165, 1.54) is 12.8 Å². The summed E-state index contributed by atoms with van der Waals surface area (Å²) >= 11 is 9.53. The van der Waals surface area contributed by atoms with Crippen molar-refractivity contribution in [3.05, 3.63) is 170 Å². The molecule has 6 rings (SSSR count). The number of hydrogen-bond acceptors (Lipinski definition) is 13. The predicted octanol–water partition coefficient (Wildman–Crippen LogP) is 14.5. The maximum Gasteiger partial charge on any atom is 1.00 e. The monoisotopic (exact) mass is 1390 g/mol. The molecule has 3 radical (unpaired) electrons. The smallest absolute Gasteiger partial charge is 1.00 e. The third-order valence-electron chi connectivity index (χ3n) is 9.33. The van der Waals surface area contributed by atoms with E-state index in [9.17, 15) is 67.9 Å². The number of aliphatic hydroxyl groups is 2. The summed E-state index contributed by atoms with van der Waals surface area (Å²) in [5.74, 6) is -13.5. The van der Waals surface area contributed by atoms with Crippen molar-refractivity contribution in [1.82, 2.24) is 0 Å². The SMILES string of the molecule is C.C.C.C.C1CCOC1.CC(C)(C)OC(=O)c1cc(F)c(CO)c(F)c1.CC(C)(C)OC(=O)c1cc(F)cc(F)c1.CCc1c(F)cc(C(=O)OC(C)(C)C)cc1F.CO.COc1c(F)cc(C(=O)OC(C)(C)C)cc1F.ClCCl.O=C(O)c1cc(F)cc(F)c1.[B].[H-].[Na+]. The molecule has 14 nitrogen and oxygen atoms in total. The van der Waals surface area contributed by atoms with Crippen LogP contribution in [-0.2, 0) is 36.7 Å². The van der Waals surface area contributed by atoms with Gasteiger partial charge in [0.2, 0.25) is 0 Å². The van der Waals surface area contributed by atoms with Crippen LogP contribution in [0.5, 0.6) is 5.75 Å². The third kappa shape index (κ3) is 44.4. The molecule has 0 atom stereocenters. The molecule has 28 heteroatoms. The first-order valence-electron chi connectivity index (χ1n) is 25.8. The third-order valence-corrected chi connectivity index (χ3v) is 9.33. The minimum Gasteiger partial charge on any atom is -1.00 e. The number of rotatable bonds is 8. The van der Waals surface area contributed by atoms with Gasteiger partial charge in [-0.3, -0.25) is 0 Å². The quantitative estimate of drug-likeness (QED) is 0.0435. The van der Waals surface area contributed by atoms with Crippen LogP contribution in [0.2, 0.25) is 0 Å². The van der Waals surface area contributed by atoms with Crippen LogP contribution in [0.3, 0.4) is 0 Å². The number of alkyl halides is 2. The topological polar surface area (TPSA) is 201 Å². The van der Waals surface area contributed by atoms with Gasteiger partial charge in [-0.1, -0.05) is 36.6 Å². The van der Waals surface area contributed by atoms with Gasteiger partial charge in [-0.25, -0.2) is 67.9 Å². The zero-order valence-corrected chi connectivity index (χ0v) is 55.8. The van der Waals surface area contributed by atoms with E-state index in [0.717, 1.165) is 88.1 Å². The van der Waals surface area contributed by atoms with Crippen LogP contribution in [0.4, 0.5) is 43.9 Å². The van der Waals surface area contributed by atoms with Crippen molar-refractivity contribution in [2.75, 3.05) is 32.8 Å². The summed E-state index contributed by atoms with van der Waals surface area (Å²) in [5.41, 5.74) is -4.31. The van der Waals surface area contributed by atoms with E-state index in [1.807, 2.05) is 0 Å². The van der Waals surface area contributed by atoms with Gasteiger partial charge >= 0.3 is 59.4 Å². The first-order valence-corrected chi connectivity index (χ1v) is 26.9. The Bertz CT molecular complexity index is 2720. The molecule has 93 heavy (non-hydrogen) atoms. The first kappa shape index (κ1) is 103. The molecule has 0 spiro atoms. The van der Waals surface area contributed by atoms with Crippen LogP contribution in [0.15, 0.2) is 72.8 Å². The Kier molecular flexibility index (Phi) is 55.0. The van der Waals surface area contributed by atoms with Crippen LogP contribution < -0.4 is 34.3 Å². The van der Waals surface area contributed by atoms with Gasteiger partial charge in [-0.2, -0.15) is 0 Å². The molecule has 0 amide bonds. The van der Waals surface area contributed by atoms with E-state index in [-0.39, 0.29) is 114 Å². The average Bonchev–Trinajstić information content (AvgIpc) is 3.96. The maximum atomic E-state index is 13.5. The predicted molar refractivity (Wildman–Crippen MR) is 340 cm³/mol. The number of carboxylic acids is 1. The number of halogens is 12. The summed E-state index contributed by atoms with van der Waals surface area (Å²) in [6.07, 6.45) is 2.80. The zero-order chi connectivity index (χ0) is 68.0. The van der Waals surface area contributed by atoms with Crippen molar-refractivity contribution in [2.24, 2.45) is 0 Å². The fourth-order valence-electron chi connectivity index (χ4n) is 6.01. The maximum absolute atomic E-state index is 13.5. The molecule has 1 aliphatic heterocycles. The number of esters is 4. The fraction of sp³-hybridized carbons (Fsp3) is 0.462. The van der Waals surface area contributed by atoms with Crippen molar-refractivity contribution in [1.29, 1.82) is 0 Å². The van der Waals surface area contributed by atoms with Gasteiger partial charge < -0.3 is 45.2 Å². The van der Waals surface area contributed by atoms with Crippen molar-refractivity contribution >= 4 is 61.5 Å². The number of carbonyl (C=O) groups is 5. The van der Waals surface area contributed by atoms with Gasteiger partial charge in [0, 0.05) is 52.0 Å². The number of benzene rings is 5. The summed E-state index contributed by atoms with van der Waals surface area (Å²) in [6, 6.07) is 10.2. The van der Waals surface area contributed by atoms with E-state index >= 15 is 0 Å². The molecule has 5 aromatic carbocycles. The molecule has 1 saturated heterocycles. The van der Waals surface area contributed by atoms with Crippen LogP contribution in [0, 0.1) is 58.2 Å². The van der Waals surface area contributed by atoms with Crippen LogP contribution in [-0.4, -0.2) is 109 Å². The minimum atomic E-state index is -1.34. The second kappa shape index (κ2) is 49.6. The Hall–Kier alpha value is -5.93. The van der Waals surface area contributed by atoms with Gasteiger partial charge in [0.05, 0.1) is 46.9 Å². The van der Waals surface area contributed by atoms with Gasteiger partial charge in [-0.15, -0.1) is 23.2 Å². The normalized spacial score (nSPS) is 10.7. The molecular formula is C65H91BCl2F10NaO14. The molecule has 3 N–H and O–H groups in total. The van der Waals surface area contributed by atoms with E-state index in [2.05, 4.69) is 4.74 Å². The van der Waals surface area contributed by atoms with Crippen molar-refractivity contribution in [2.45, 2.75) is 168 Å². The summed E-state index contributed by atoms with van der Waals surface area (Å²) in [4.78, 5) is 56.3. The number of ether oxygens (including phenoxy) is 6. The van der Waals surface area contributed by atoms with Crippen LogP contribution in [0.25, 0.3) is 0 Å². The van der Waals surface area contributed by atoms with Gasteiger partial charge in [0.25, 0.3) is 0 Å². The Morgan fingerprint density at radius 3 is 0.882 bits per heavy atom. The molecule has 1 aliphatic rings. The Balaban J connectivity index is -0.000000130. The average molecular weight is 1390 g/mol. The summed E-state index contributed by atoms with van der Waals surface area (Å²) < 4.78 is 160. The molecule has 0 saturated carbocycles. The molecule has 1 fully saturated rings. The molecule has 5 aromatic rings. The molecule has 0 aliphatic carbocycles. The number of carboxylic acid groups (broad SMARTS) is 1. The molecule has 1 heterocycles. The molecule has 0 bridgehead atoms. The number of hydrogen-bond donors (Lipinski definition) is 3. The number of methoxy groups -OCH3 is 1. The summed E-state index contributed by atoms with van der Waals surface area (Å²) in [5, 5.41) is 24.2. The Morgan fingerprint density at radius 1 is 0.462 bits per heavy atom. The van der Waals surface area contributed by atoms with Gasteiger partial charge in [-0.05, 0) is 163 Å². The van der Waals surface area contributed by atoms with Crippen LogP contribution >= 0.6 is 23.2 Å². The molecule has 0 aromatic heterocycles. The van der Waals surface area contributed by atoms with E-state index < -0.39 is 128 Å². The zero-order valence-electron chi connectivity index (χ0n) is 53.3. The fourth-order valence-corrected chi connectivity index (χ4v) is 6.01. The minimum absolute atomic E-state index is 0. The Morgan fingerprint density at radius 2 is 0.688 bits per heavy atom. The summed E-state index contributed by atoms with van der Waals surface area (Å²) in [6.45, 7) is 23.0. The van der Waals surface area contributed by atoms with Crippen molar-refractivity contribution in [3.8, 4) is 5.75 Å². The number of aliphatic hydroxyl groups excluding tert-OH is 2. The standard InChI is InChI=1S/C13H16F2O2.2C12H14F2O3.C11H12F2O2.C7H4F2O2.C4H8O.CH2Cl2.CH4O.4CH4.B.Na.H/c1-5-9-10(14)6-8(7-11(9)15)12(16)17-13(2,3)4;1-12(2,3)17-11(15)7-5-8(13)10(16-4)9(14)6-7;1-12(2,3)17-11(16)7-4-9(13)8(6-15)10(14)5-7;1-11(2,3)15-10(14)7-4-8(12)6-9(13)5-7;8-5-1-4(7(10)11)2-6(9)3-5;1-2-4-5-3-1;2-1-3;1-2;;;;;;;/h6-7H,5H2,1-4H3;5-6H,1-4H3;4-5,15H,6H2,1-3H3;4-6H,1-3H3;1-3H,(H,10,11);1-4H2;1H2;2H,1H3;4*1H4;;;/q;;;;;;;;;;;;;+1;-1. The van der Waals surface area contributed by atoms with Crippen molar-refractivity contribution < 1.29 is 143 Å². The van der Waals surface area contributed by atoms with E-state index in [1.54, 1.807) is 90.0 Å². The second-order valence-corrected chi connectivity index (χ2v) is 22.2. The summed E-state index contributed by atoms with van der Waals surface area (Å²) in [7, 11) is 2.15. The van der Waals surface area contributed by atoms with Gasteiger partial charge in [0.15, 0.2) is 17.4 Å². The van der Waals surface area contributed by atoms with Gasteiger partial charge in [0.1, 0.15) is 68.9 Å². The van der Waals surface area contributed by atoms with E-state index in [4.69, 9.17) is 62.2 Å². The number of aromatic carboxylic acids is 1. The first-order chi connectivity index (χ1) is 40.0. The second-order valence-electron chi connectivity index (χ2n) is 21.4. The van der Waals surface area contributed by atoms with Crippen LogP contribution in [0.1, 0.15) is 197 Å². The Labute approximate surface area is 577 Å². The molecule has 523 valence electrons.